The van der Waals surface area contributed by atoms with E-state index >= 15 is 0 Å². The second-order valence-corrected chi connectivity index (χ2v) is 6.83. The number of aliphatic hydroxyl groups is 1. The molecule has 2 atom stereocenters. The van der Waals surface area contributed by atoms with Crippen LogP contribution in [0.5, 0.6) is 11.5 Å². The van der Waals surface area contributed by atoms with E-state index in [0.717, 1.165) is 49.6 Å². The summed E-state index contributed by atoms with van der Waals surface area (Å²) in [6.07, 6.45) is 2.15. The highest BCUT2D eigenvalue weighted by Gasteiger charge is 2.22. The predicted molar refractivity (Wildman–Crippen MR) is 94.6 cm³/mol. The molecule has 0 radical (unpaired) electrons. The van der Waals surface area contributed by atoms with Crippen molar-refractivity contribution >= 4 is 0 Å². The van der Waals surface area contributed by atoms with Crippen LogP contribution in [0.2, 0.25) is 0 Å². The number of benzene rings is 1. The van der Waals surface area contributed by atoms with Gasteiger partial charge < -0.3 is 19.3 Å². The first-order valence-electron chi connectivity index (χ1n) is 8.76. The van der Waals surface area contributed by atoms with Crippen LogP contribution >= 0.6 is 0 Å². The van der Waals surface area contributed by atoms with Crippen molar-refractivity contribution in [2.24, 2.45) is 5.92 Å². The summed E-state index contributed by atoms with van der Waals surface area (Å²) >= 11 is 0. The Kier molecular flexibility index (Phi) is 7.34. The lowest BCUT2D eigenvalue weighted by atomic mass is 10.1. The molecule has 1 saturated heterocycles. The van der Waals surface area contributed by atoms with E-state index < -0.39 is 0 Å². The Morgan fingerprint density at radius 2 is 2.00 bits per heavy atom. The Bertz CT molecular complexity index is 496. The molecule has 0 spiro atoms. The van der Waals surface area contributed by atoms with E-state index in [-0.39, 0.29) is 18.1 Å². The van der Waals surface area contributed by atoms with E-state index in [0.29, 0.717) is 6.54 Å². The number of nitrogens with zero attached hydrogens (tertiary/aromatic N) is 1. The van der Waals surface area contributed by atoms with Crippen molar-refractivity contribution in [3.63, 3.8) is 0 Å². The third kappa shape index (κ3) is 5.36. The lowest BCUT2D eigenvalue weighted by Crippen LogP contribution is -2.39. The van der Waals surface area contributed by atoms with Crippen LogP contribution in [0.25, 0.3) is 0 Å². The molecule has 1 aromatic rings. The average Bonchev–Trinajstić information content (AvgIpc) is 3.07. The van der Waals surface area contributed by atoms with Gasteiger partial charge in [-0.3, -0.25) is 4.90 Å². The van der Waals surface area contributed by atoms with Crippen LogP contribution in [-0.4, -0.2) is 56.1 Å². The van der Waals surface area contributed by atoms with Crippen molar-refractivity contribution in [3.05, 3.63) is 23.8 Å². The lowest BCUT2D eigenvalue weighted by Gasteiger charge is -2.29. The van der Waals surface area contributed by atoms with Crippen molar-refractivity contribution in [1.82, 2.24) is 4.90 Å². The number of hydrogen-bond donors (Lipinski definition) is 1. The van der Waals surface area contributed by atoms with Crippen LogP contribution in [0.15, 0.2) is 18.2 Å². The predicted octanol–water partition coefficient (Wildman–Crippen LogP) is 2.70. The van der Waals surface area contributed by atoms with Gasteiger partial charge in [0.05, 0.1) is 26.4 Å². The first-order valence-corrected chi connectivity index (χ1v) is 8.76. The number of methoxy groups -OCH3 is 2. The Balaban J connectivity index is 2.07. The summed E-state index contributed by atoms with van der Waals surface area (Å²) in [5, 5.41) is 10.3. The number of aliphatic hydroxyl groups excluding tert-OH is 1. The average molecular weight is 337 g/mol. The Labute approximate surface area is 145 Å². The molecule has 1 heterocycles. The molecule has 24 heavy (non-hydrogen) atoms. The van der Waals surface area contributed by atoms with Gasteiger partial charge in [0.2, 0.25) is 0 Å². The molecule has 1 fully saturated rings. The van der Waals surface area contributed by atoms with E-state index in [1.54, 1.807) is 14.2 Å². The summed E-state index contributed by atoms with van der Waals surface area (Å²) in [6.45, 7) is 7.19. The molecule has 1 N–H and O–H groups in total. The minimum absolute atomic E-state index is 0.238. The zero-order chi connectivity index (χ0) is 17.5. The van der Waals surface area contributed by atoms with Gasteiger partial charge in [0.1, 0.15) is 0 Å². The second kappa shape index (κ2) is 9.25. The molecule has 1 aliphatic heterocycles. The monoisotopic (exact) mass is 337 g/mol. The van der Waals surface area contributed by atoms with Gasteiger partial charge in [-0.15, -0.1) is 0 Å². The molecule has 5 heteroatoms. The molecular weight excluding hydrogens is 306 g/mol. The molecule has 0 bridgehead atoms. The minimum atomic E-state index is -0.341. The maximum absolute atomic E-state index is 10.3. The van der Waals surface area contributed by atoms with Crippen molar-refractivity contribution in [1.29, 1.82) is 0 Å². The van der Waals surface area contributed by atoms with Crippen LogP contribution in [-0.2, 0) is 11.3 Å². The standard InChI is InChI=1S/C19H31NO4/c1-14(2)17(21)13-20(12-16-6-5-9-24-16)11-15-7-8-18(22-3)19(10-15)23-4/h7-8,10,14,16-17,21H,5-6,9,11-13H2,1-4H3/t16-,17-/m0/s1. The van der Waals surface area contributed by atoms with Gasteiger partial charge in [0.25, 0.3) is 0 Å². The number of rotatable bonds is 9. The maximum Gasteiger partial charge on any atom is 0.161 e. The van der Waals surface area contributed by atoms with Crippen LogP contribution in [0.3, 0.4) is 0 Å². The first kappa shape index (κ1) is 19.0. The molecule has 1 aromatic carbocycles. The third-order valence-corrected chi connectivity index (χ3v) is 4.55. The molecular formula is C19H31NO4. The molecule has 2 rings (SSSR count). The molecule has 1 aliphatic rings. The molecule has 0 aromatic heterocycles. The maximum atomic E-state index is 10.3. The minimum Gasteiger partial charge on any atom is -0.493 e. The smallest absolute Gasteiger partial charge is 0.161 e. The largest absolute Gasteiger partial charge is 0.493 e. The zero-order valence-electron chi connectivity index (χ0n) is 15.3. The van der Waals surface area contributed by atoms with Gasteiger partial charge in [0, 0.05) is 26.2 Å². The van der Waals surface area contributed by atoms with Gasteiger partial charge in [-0.1, -0.05) is 19.9 Å². The molecule has 0 amide bonds. The summed E-state index contributed by atoms with van der Waals surface area (Å²) < 4.78 is 16.5. The first-order chi connectivity index (χ1) is 11.5. The van der Waals surface area contributed by atoms with Gasteiger partial charge in [-0.05, 0) is 36.5 Å². The SMILES string of the molecule is COc1ccc(CN(C[C@@H]2CCCO2)C[C@H](O)C(C)C)cc1OC. The quantitative estimate of drug-likeness (QED) is 0.751. The highest BCUT2D eigenvalue weighted by atomic mass is 16.5. The summed E-state index contributed by atoms with van der Waals surface area (Å²) in [6, 6.07) is 5.98. The van der Waals surface area contributed by atoms with Crippen molar-refractivity contribution in [2.45, 2.75) is 45.4 Å². The van der Waals surface area contributed by atoms with E-state index in [1.807, 2.05) is 32.0 Å². The van der Waals surface area contributed by atoms with Gasteiger partial charge in [0.15, 0.2) is 11.5 Å². The highest BCUT2D eigenvalue weighted by Crippen LogP contribution is 2.28. The van der Waals surface area contributed by atoms with Gasteiger partial charge in [-0.2, -0.15) is 0 Å². The summed E-state index contributed by atoms with van der Waals surface area (Å²) in [5.74, 6) is 1.70. The summed E-state index contributed by atoms with van der Waals surface area (Å²) in [7, 11) is 3.29. The Hall–Kier alpha value is -1.30. The van der Waals surface area contributed by atoms with E-state index in [2.05, 4.69) is 4.90 Å². The third-order valence-electron chi connectivity index (χ3n) is 4.55. The van der Waals surface area contributed by atoms with Crippen molar-refractivity contribution in [3.8, 4) is 11.5 Å². The number of hydrogen-bond acceptors (Lipinski definition) is 5. The molecule has 5 nitrogen and oxygen atoms in total. The highest BCUT2D eigenvalue weighted by molar-refractivity contribution is 5.42. The molecule has 0 saturated carbocycles. The second-order valence-electron chi connectivity index (χ2n) is 6.83. The fraction of sp³-hybridized carbons (Fsp3) is 0.684. The van der Waals surface area contributed by atoms with Gasteiger partial charge in [-0.25, -0.2) is 0 Å². The fourth-order valence-corrected chi connectivity index (χ4v) is 2.99. The lowest BCUT2D eigenvalue weighted by molar-refractivity contribution is 0.0330. The van der Waals surface area contributed by atoms with E-state index in [1.165, 1.54) is 0 Å². The number of ether oxygens (including phenoxy) is 3. The van der Waals surface area contributed by atoms with Gasteiger partial charge >= 0.3 is 0 Å². The fourth-order valence-electron chi connectivity index (χ4n) is 2.99. The molecule has 0 unspecified atom stereocenters. The Morgan fingerprint density at radius 1 is 1.25 bits per heavy atom. The molecule has 136 valence electrons. The van der Waals surface area contributed by atoms with E-state index in [4.69, 9.17) is 14.2 Å². The topological polar surface area (TPSA) is 51.2 Å². The zero-order valence-corrected chi connectivity index (χ0v) is 15.3. The van der Waals surface area contributed by atoms with Crippen LogP contribution in [0, 0.1) is 5.92 Å². The van der Waals surface area contributed by atoms with E-state index in [9.17, 15) is 5.11 Å². The Morgan fingerprint density at radius 3 is 2.58 bits per heavy atom. The summed E-state index contributed by atoms with van der Waals surface area (Å²) in [5.41, 5.74) is 1.14. The van der Waals surface area contributed by atoms with Crippen molar-refractivity contribution < 1.29 is 19.3 Å². The van der Waals surface area contributed by atoms with Crippen molar-refractivity contribution in [2.75, 3.05) is 33.9 Å². The van der Waals surface area contributed by atoms with Crippen LogP contribution in [0.1, 0.15) is 32.3 Å². The normalized spacial score (nSPS) is 19.0. The summed E-state index contributed by atoms with van der Waals surface area (Å²) in [4.78, 5) is 2.28. The van der Waals surface area contributed by atoms with Crippen LogP contribution in [0.4, 0.5) is 0 Å². The molecule has 0 aliphatic carbocycles. The van der Waals surface area contributed by atoms with Crippen LogP contribution < -0.4 is 9.47 Å².